The minimum atomic E-state index is -4.70. The molecule has 4 aromatic carbocycles. The van der Waals surface area contributed by atoms with Gasteiger partial charge in [0.2, 0.25) is 0 Å². The van der Waals surface area contributed by atoms with Gasteiger partial charge in [0, 0.05) is 45.1 Å². The number of aromatic nitrogens is 1. The maximum atomic E-state index is 14.4. The molecule has 0 saturated heterocycles. The van der Waals surface area contributed by atoms with E-state index in [2.05, 4.69) is 20.5 Å². The molecule has 1 aromatic heterocycles. The highest BCUT2D eigenvalue weighted by Gasteiger charge is 2.47. The molecule has 0 aliphatic carbocycles. The third kappa shape index (κ3) is 9.81. The summed E-state index contributed by atoms with van der Waals surface area (Å²) in [5.41, 5.74) is 1.35. The van der Waals surface area contributed by atoms with Crippen molar-refractivity contribution in [1.82, 2.24) is 30.3 Å². The van der Waals surface area contributed by atoms with Gasteiger partial charge >= 0.3 is 24.4 Å². The quantitative estimate of drug-likeness (QED) is 0.104. The Kier molecular flexibility index (Phi) is 13.3. The highest BCUT2D eigenvalue weighted by atomic mass is 19.4. The third-order valence-corrected chi connectivity index (χ3v) is 13.0. The van der Waals surface area contributed by atoms with Crippen molar-refractivity contribution in [3.05, 3.63) is 183 Å². The van der Waals surface area contributed by atoms with Crippen molar-refractivity contribution >= 4 is 35.3 Å². The molecule has 0 bridgehead atoms. The monoisotopic (exact) mass is 984 g/mol. The zero-order valence-corrected chi connectivity index (χ0v) is 38.0. The second-order valence-electron chi connectivity index (χ2n) is 17.5. The van der Waals surface area contributed by atoms with E-state index in [4.69, 9.17) is 0 Å². The standard InChI is InChI=1S/C52H42F6N10O4/c53-51(54,55)37-5-1-7-39(25-37)67-41-30-65(47(69)43(41)45(62-49(67)71)35-13-9-32(27-59)10-14-35)23-3-21-64(29-34-17-19-61-20-18-34)22-4-24-66-31-42-44(48(66)70)46(36-15-11-33(28-60)12-16-36)63-50(72)68(42)40-8-2-6-38(26-40)52(56,57)58/h1-2,5-20,25-26,45-46H,3-4,21-24,29-31H2,(H,62,71)(H,63,72). The fourth-order valence-electron chi connectivity index (χ4n) is 9.53. The van der Waals surface area contributed by atoms with Crippen LogP contribution in [0.4, 0.5) is 47.3 Å². The number of alkyl halides is 6. The van der Waals surface area contributed by atoms with Gasteiger partial charge in [-0.3, -0.25) is 29.3 Å². The van der Waals surface area contributed by atoms with Crippen molar-refractivity contribution in [2.24, 2.45) is 0 Å². The van der Waals surface area contributed by atoms with Crippen molar-refractivity contribution in [1.29, 1.82) is 10.5 Å². The summed E-state index contributed by atoms with van der Waals surface area (Å²) in [6.45, 7) is 1.51. The Labute approximate surface area is 408 Å². The predicted molar refractivity (Wildman–Crippen MR) is 249 cm³/mol. The maximum Gasteiger partial charge on any atom is 0.416 e. The summed E-state index contributed by atoms with van der Waals surface area (Å²) in [5.74, 6) is -0.847. The van der Waals surface area contributed by atoms with Crippen molar-refractivity contribution in [3.8, 4) is 12.1 Å². The number of amides is 6. The Morgan fingerprint density at radius 3 is 1.40 bits per heavy atom. The average molecular weight is 985 g/mol. The third-order valence-electron chi connectivity index (χ3n) is 13.0. The van der Waals surface area contributed by atoms with Gasteiger partial charge in [0.25, 0.3) is 11.8 Å². The number of hydrogen-bond acceptors (Lipinski definition) is 8. The van der Waals surface area contributed by atoms with E-state index in [-0.39, 0.29) is 60.1 Å². The summed E-state index contributed by atoms with van der Waals surface area (Å²) < 4.78 is 83.2. The smallest absolute Gasteiger partial charge is 0.333 e. The number of halogens is 6. The molecule has 72 heavy (non-hydrogen) atoms. The second-order valence-corrected chi connectivity index (χ2v) is 17.5. The molecule has 0 radical (unpaired) electrons. The average Bonchev–Trinajstić information content (AvgIpc) is 3.87. The van der Waals surface area contributed by atoms with Crippen LogP contribution in [0, 0.1) is 22.7 Å². The van der Waals surface area contributed by atoms with Crippen LogP contribution in [-0.4, -0.2) is 82.8 Å². The Morgan fingerprint density at radius 2 is 1.01 bits per heavy atom. The van der Waals surface area contributed by atoms with Crippen LogP contribution in [0.25, 0.3) is 0 Å². The number of benzene rings is 4. The molecule has 6 amide bonds. The SMILES string of the molecule is N#Cc1ccc(C2NC(=O)N(c3cccc(C(F)(F)F)c3)C3=C2C(=O)N(CCCN(CCCN2CC4=C(C2=O)C(c2ccc(C#N)cc2)NC(=O)N4c2cccc(C(F)(F)F)c2)Cc2ccncc2)C3)cc1. The fourth-order valence-corrected chi connectivity index (χ4v) is 9.53. The topological polar surface area (TPSA) is 169 Å². The number of pyridine rings is 1. The Bertz CT molecular complexity index is 2910. The number of rotatable bonds is 14. The first-order valence-corrected chi connectivity index (χ1v) is 22.7. The first kappa shape index (κ1) is 48.5. The van der Waals surface area contributed by atoms with Gasteiger partial charge < -0.3 is 20.4 Å². The van der Waals surface area contributed by atoms with Crippen molar-refractivity contribution in [2.75, 3.05) is 49.1 Å². The van der Waals surface area contributed by atoms with E-state index in [0.29, 0.717) is 54.7 Å². The molecule has 366 valence electrons. The zero-order chi connectivity index (χ0) is 50.9. The summed E-state index contributed by atoms with van der Waals surface area (Å²) in [5, 5.41) is 24.4. The van der Waals surface area contributed by atoms with Crippen LogP contribution in [0.3, 0.4) is 0 Å². The summed E-state index contributed by atoms with van der Waals surface area (Å²) in [6, 6.07) is 25.6. The van der Waals surface area contributed by atoms with Gasteiger partial charge in [0.1, 0.15) is 0 Å². The summed E-state index contributed by atoms with van der Waals surface area (Å²) in [4.78, 5) is 68.0. The van der Waals surface area contributed by atoms with Gasteiger partial charge in [-0.1, -0.05) is 36.4 Å². The predicted octanol–water partition coefficient (Wildman–Crippen LogP) is 8.58. The summed E-state index contributed by atoms with van der Waals surface area (Å²) in [7, 11) is 0. The largest absolute Gasteiger partial charge is 0.416 e. The van der Waals surface area contributed by atoms with Crippen molar-refractivity contribution < 1.29 is 45.5 Å². The molecule has 5 heterocycles. The number of nitrogens with one attached hydrogen (secondary N) is 2. The van der Waals surface area contributed by atoms with Crippen molar-refractivity contribution in [3.63, 3.8) is 0 Å². The Morgan fingerprint density at radius 1 is 0.597 bits per heavy atom. The molecule has 4 aliphatic heterocycles. The molecule has 14 nitrogen and oxygen atoms in total. The molecule has 0 spiro atoms. The highest BCUT2D eigenvalue weighted by Crippen LogP contribution is 2.42. The summed E-state index contributed by atoms with van der Waals surface area (Å²) in [6.07, 6.45) is -5.28. The molecule has 20 heteroatoms. The van der Waals surface area contributed by atoms with Gasteiger partial charge in [0.05, 0.1) is 93.5 Å². The van der Waals surface area contributed by atoms with Gasteiger partial charge in [-0.2, -0.15) is 36.9 Å². The van der Waals surface area contributed by atoms with E-state index >= 15 is 0 Å². The molecule has 2 N–H and O–H groups in total. The highest BCUT2D eigenvalue weighted by molar-refractivity contribution is 6.08. The van der Waals surface area contributed by atoms with E-state index in [1.54, 1.807) is 70.7 Å². The van der Waals surface area contributed by atoms with Crippen molar-refractivity contribution in [2.45, 2.75) is 43.8 Å². The summed E-state index contributed by atoms with van der Waals surface area (Å²) >= 11 is 0. The first-order chi connectivity index (χ1) is 34.5. The number of carbonyl (C=O) groups excluding carboxylic acids is 4. The lowest BCUT2D eigenvalue weighted by Gasteiger charge is -2.34. The number of carbonyl (C=O) groups is 4. The van der Waals surface area contributed by atoms with Gasteiger partial charge in [-0.15, -0.1) is 0 Å². The van der Waals surface area contributed by atoms with E-state index < -0.39 is 59.4 Å². The zero-order valence-electron chi connectivity index (χ0n) is 38.0. The number of nitriles is 2. The minimum absolute atomic E-state index is 0.0742. The van der Waals surface area contributed by atoms with Crippen LogP contribution >= 0.6 is 0 Å². The Balaban J connectivity index is 0.925. The molecule has 0 saturated carbocycles. The van der Waals surface area contributed by atoms with Crippen LogP contribution in [0.1, 0.15) is 63.9 Å². The normalized spacial score (nSPS) is 18.1. The molecule has 9 rings (SSSR count). The van der Waals surface area contributed by atoms with Gasteiger partial charge in [-0.25, -0.2) is 9.59 Å². The maximum absolute atomic E-state index is 14.4. The van der Waals surface area contributed by atoms with Crippen LogP contribution < -0.4 is 20.4 Å². The molecular formula is C52H42F6N10O4. The number of anilines is 2. The lowest BCUT2D eigenvalue weighted by molar-refractivity contribution is -0.138. The lowest BCUT2D eigenvalue weighted by Crippen LogP contribution is -2.47. The molecule has 2 atom stereocenters. The van der Waals surface area contributed by atoms with Crippen LogP contribution in [0.2, 0.25) is 0 Å². The van der Waals surface area contributed by atoms with E-state index in [1.807, 2.05) is 24.3 Å². The van der Waals surface area contributed by atoms with E-state index in [0.717, 1.165) is 39.6 Å². The van der Waals surface area contributed by atoms with Gasteiger partial charge in [-0.05, 0) is 102 Å². The van der Waals surface area contributed by atoms with Gasteiger partial charge in [0.15, 0.2) is 0 Å². The van der Waals surface area contributed by atoms with E-state index in [9.17, 15) is 56.0 Å². The molecule has 2 unspecified atom stereocenters. The fraction of sp³-hybridized carbons (Fsp3) is 0.250. The molecule has 0 fully saturated rings. The minimum Gasteiger partial charge on any atom is -0.333 e. The number of hydrogen-bond donors (Lipinski definition) is 2. The van der Waals surface area contributed by atoms with Crippen LogP contribution in [0.5, 0.6) is 0 Å². The second kappa shape index (κ2) is 19.7. The lowest BCUT2D eigenvalue weighted by atomic mass is 9.94. The number of urea groups is 2. The first-order valence-electron chi connectivity index (χ1n) is 22.7. The molecule has 5 aromatic rings. The number of nitrogens with zero attached hydrogens (tertiary/aromatic N) is 8. The van der Waals surface area contributed by atoms with Crippen LogP contribution in [-0.2, 0) is 28.5 Å². The molecular weight excluding hydrogens is 943 g/mol. The van der Waals surface area contributed by atoms with E-state index in [1.165, 1.54) is 24.3 Å². The van der Waals surface area contributed by atoms with Crippen LogP contribution in [0.15, 0.2) is 144 Å². The molecule has 4 aliphatic rings. The Hall–Kier alpha value is -8.49.